The average molecular weight is 297 g/mol. The molecule has 0 fully saturated rings. The lowest BCUT2D eigenvalue weighted by Gasteiger charge is -2.25. The summed E-state index contributed by atoms with van der Waals surface area (Å²) in [7, 11) is 0. The van der Waals surface area contributed by atoms with Gasteiger partial charge in [-0.15, -0.1) is 0 Å². The summed E-state index contributed by atoms with van der Waals surface area (Å²) in [6.45, 7) is 2.94. The van der Waals surface area contributed by atoms with Crippen LogP contribution in [0, 0.1) is 18.6 Å². The Balaban J connectivity index is 2.40. The van der Waals surface area contributed by atoms with E-state index in [1.165, 1.54) is 26.0 Å². The lowest BCUT2D eigenvalue weighted by Crippen LogP contribution is -2.27. The molecule has 106 valence electrons. The number of halogens is 3. The Labute approximate surface area is 121 Å². The summed E-state index contributed by atoms with van der Waals surface area (Å²) in [6.07, 6.45) is 0.0987. The Hall–Kier alpha value is -1.45. The number of aryl methyl sites for hydroxylation is 1. The number of rotatable bonds is 3. The van der Waals surface area contributed by atoms with Crippen LogP contribution in [-0.4, -0.2) is 5.11 Å². The minimum absolute atomic E-state index is 0.0987. The average Bonchev–Trinajstić information content (AvgIpc) is 2.37. The molecule has 0 aliphatic rings. The maximum Gasteiger partial charge on any atom is 0.135 e. The van der Waals surface area contributed by atoms with Crippen LogP contribution in [-0.2, 0) is 12.0 Å². The van der Waals surface area contributed by atoms with Crippen LogP contribution in [0.4, 0.5) is 8.78 Å². The first-order valence-corrected chi connectivity index (χ1v) is 6.61. The Morgan fingerprint density at radius 2 is 1.70 bits per heavy atom. The Morgan fingerprint density at radius 3 is 2.30 bits per heavy atom. The van der Waals surface area contributed by atoms with Gasteiger partial charge in [0.25, 0.3) is 0 Å². The van der Waals surface area contributed by atoms with Crippen molar-refractivity contribution >= 4 is 11.6 Å². The van der Waals surface area contributed by atoms with Gasteiger partial charge in [0.1, 0.15) is 11.6 Å². The summed E-state index contributed by atoms with van der Waals surface area (Å²) in [6, 6.07) is 9.33. The van der Waals surface area contributed by atoms with Crippen LogP contribution in [0.25, 0.3) is 0 Å². The van der Waals surface area contributed by atoms with Gasteiger partial charge in [0.2, 0.25) is 0 Å². The maximum atomic E-state index is 14.1. The third-order valence-corrected chi connectivity index (χ3v) is 3.54. The van der Waals surface area contributed by atoms with Crippen LogP contribution >= 0.6 is 11.6 Å². The molecule has 0 spiro atoms. The highest BCUT2D eigenvalue weighted by atomic mass is 35.5. The fraction of sp³-hybridized carbons (Fsp3) is 0.250. The van der Waals surface area contributed by atoms with Crippen molar-refractivity contribution in [1.82, 2.24) is 0 Å². The van der Waals surface area contributed by atoms with E-state index in [-0.39, 0.29) is 12.0 Å². The molecule has 0 aliphatic heterocycles. The summed E-state index contributed by atoms with van der Waals surface area (Å²) in [5, 5.41) is 11.1. The van der Waals surface area contributed by atoms with Gasteiger partial charge < -0.3 is 5.11 Å². The van der Waals surface area contributed by atoms with Gasteiger partial charge in [0.05, 0.1) is 11.2 Å². The third-order valence-electron chi connectivity index (χ3n) is 3.28. The summed E-state index contributed by atoms with van der Waals surface area (Å²) in [5.74, 6) is -1.45. The van der Waals surface area contributed by atoms with Crippen LogP contribution in [0.3, 0.4) is 0 Å². The van der Waals surface area contributed by atoms with Gasteiger partial charge in [-0.1, -0.05) is 29.8 Å². The first-order valence-electron chi connectivity index (χ1n) is 6.23. The lowest BCUT2D eigenvalue weighted by atomic mass is 9.87. The predicted molar refractivity (Wildman–Crippen MR) is 75.8 cm³/mol. The van der Waals surface area contributed by atoms with E-state index in [0.29, 0.717) is 10.6 Å². The molecule has 0 bridgehead atoms. The zero-order chi connectivity index (χ0) is 14.9. The van der Waals surface area contributed by atoms with Gasteiger partial charge in [-0.2, -0.15) is 0 Å². The molecule has 0 heterocycles. The second-order valence-electron chi connectivity index (χ2n) is 5.13. The van der Waals surface area contributed by atoms with Gasteiger partial charge in [0, 0.05) is 11.4 Å². The molecular formula is C16H15ClF2O. The molecule has 4 heteroatoms. The minimum atomic E-state index is -1.63. The highest BCUT2D eigenvalue weighted by molar-refractivity contribution is 6.30. The Kier molecular flexibility index (Phi) is 4.11. The molecule has 0 aromatic heterocycles. The molecule has 2 rings (SSSR count). The lowest BCUT2D eigenvalue weighted by molar-refractivity contribution is 0.0496. The largest absolute Gasteiger partial charge is 0.385 e. The van der Waals surface area contributed by atoms with Gasteiger partial charge in [-0.05, 0) is 43.2 Å². The van der Waals surface area contributed by atoms with Crippen molar-refractivity contribution in [3.63, 3.8) is 0 Å². The maximum absolute atomic E-state index is 14.1. The first kappa shape index (κ1) is 14.9. The smallest absolute Gasteiger partial charge is 0.135 e. The standard InChI is InChI=1S/C16H15ClF2O/c1-10-3-8-13(18)14(15(10)19)16(2,20)9-11-4-6-12(17)7-5-11/h3-8,20H,9H2,1-2H3. The molecule has 1 nitrogen and oxygen atoms in total. The summed E-state index contributed by atoms with van der Waals surface area (Å²) in [5.41, 5.74) is -0.876. The van der Waals surface area contributed by atoms with Gasteiger partial charge in [-0.3, -0.25) is 0 Å². The predicted octanol–water partition coefficient (Wildman–Crippen LogP) is 4.38. The number of hydrogen-bond donors (Lipinski definition) is 1. The molecule has 0 radical (unpaired) electrons. The summed E-state index contributed by atoms with van der Waals surface area (Å²) >= 11 is 5.79. The molecule has 0 aliphatic carbocycles. The second kappa shape index (κ2) is 5.51. The van der Waals surface area contributed by atoms with Gasteiger partial charge >= 0.3 is 0 Å². The van der Waals surface area contributed by atoms with Crippen molar-refractivity contribution in [1.29, 1.82) is 0 Å². The molecule has 1 atom stereocenters. The monoisotopic (exact) mass is 296 g/mol. The van der Waals surface area contributed by atoms with Gasteiger partial charge in [-0.25, -0.2) is 8.78 Å². The molecule has 0 saturated carbocycles. The van der Waals surface area contributed by atoms with Crippen LogP contribution in [0.2, 0.25) is 5.02 Å². The quantitative estimate of drug-likeness (QED) is 0.891. The van der Waals surface area contributed by atoms with Gasteiger partial charge in [0.15, 0.2) is 0 Å². The molecule has 0 saturated heterocycles. The molecule has 1 unspecified atom stereocenters. The number of hydrogen-bond acceptors (Lipinski definition) is 1. The summed E-state index contributed by atoms with van der Waals surface area (Å²) in [4.78, 5) is 0. The van der Waals surface area contributed by atoms with Crippen molar-refractivity contribution in [3.8, 4) is 0 Å². The van der Waals surface area contributed by atoms with Crippen LogP contribution in [0.1, 0.15) is 23.6 Å². The van der Waals surface area contributed by atoms with Crippen molar-refractivity contribution in [2.24, 2.45) is 0 Å². The van der Waals surface area contributed by atoms with E-state index in [1.54, 1.807) is 24.3 Å². The topological polar surface area (TPSA) is 20.2 Å². The van der Waals surface area contributed by atoms with Crippen molar-refractivity contribution < 1.29 is 13.9 Å². The van der Waals surface area contributed by atoms with E-state index in [4.69, 9.17) is 11.6 Å². The van der Waals surface area contributed by atoms with E-state index >= 15 is 0 Å². The van der Waals surface area contributed by atoms with E-state index in [0.717, 1.165) is 5.56 Å². The third kappa shape index (κ3) is 3.00. The summed E-state index contributed by atoms with van der Waals surface area (Å²) < 4.78 is 28.0. The number of aliphatic hydroxyl groups is 1. The first-order chi connectivity index (χ1) is 9.31. The van der Waals surface area contributed by atoms with E-state index in [2.05, 4.69) is 0 Å². The Morgan fingerprint density at radius 1 is 1.10 bits per heavy atom. The normalized spacial score (nSPS) is 14.1. The zero-order valence-electron chi connectivity index (χ0n) is 11.3. The second-order valence-corrected chi connectivity index (χ2v) is 5.57. The van der Waals surface area contributed by atoms with E-state index in [1.807, 2.05) is 0 Å². The molecule has 1 N–H and O–H groups in total. The molecule has 0 amide bonds. The highest BCUT2D eigenvalue weighted by Crippen LogP contribution is 2.31. The van der Waals surface area contributed by atoms with Crippen LogP contribution < -0.4 is 0 Å². The molecule has 20 heavy (non-hydrogen) atoms. The van der Waals surface area contributed by atoms with E-state index < -0.39 is 17.2 Å². The van der Waals surface area contributed by atoms with Crippen LogP contribution in [0.5, 0.6) is 0 Å². The van der Waals surface area contributed by atoms with Crippen molar-refractivity contribution in [2.45, 2.75) is 25.9 Å². The zero-order valence-corrected chi connectivity index (χ0v) is 12.0. The SMILES string of the molecule is Cc1ccc(F)c(C(C)(O)Cc2ccc(Cl)cc2)c1F. The van der Waals surface area contributed by atoms with E-state index in [9.17, 15) is 13.9 Å². The Bertz CT molecular complexity index is 621. The molecular weight excluding hydrogens is 282 g/mol. The number of benzene rings is 2. The minimum Gasteiger partial charge on any atom is -0.385 e. The van der Waals surface area contributed by atoms with Crippen molar-refractivity contribution in [2.75, 3.05) is 0 Å². The molecule has 2 aromatic carbocycles. The molecule has 2 aromatic rings. The van der Waals surface area contributed by atoms with Crippen molar-refractivity contribution in [3.05, 3.63) is 69.7 Å². The fourth-order valence-electron chi connectivity index (χ4n) is 2.24. The fourth-order valence-corrected chi connectivity index (χ4v) is 2.36. The van der Waals surface area contributed by atoms with Crippen LogP contribution in [0.15, 0.2) is 36.4 Å². The highest BCUT2D eigenvalue weighted by Gasteiger charge is 2.31.